The molecule has 0 aliphatic carbocycles. The molecule has 152 valence electrons. The zero-order chi connectivity index (χ0) is 19.9. The summed E-state index contributed by atoms with van der Waals surface area (Å²) in [5, 5.41) is 0. The molecule has 27 heavy (non-hydrogen) atoms. The lowest BCUT2D eigenvalue weighted by atomic mass is 9.74. The van der Waals surface area contributed by atoms with E-state index in [0.29, 0.717) is 13.1 Å². The maximum atomic E-state index is 12.7. The zero-order valence-electron chi connectivity index (χ0n) is 15.4. The Labute approximate surface area is 162 Å². The first-order chi connectivity index (χ1) is 12.6. The van der Waals surface area contributed by atoms with Crippen LogP contribution >= 0.6 is 11.8 Å². The quantitative estimate of drug-likeness (QED) is 0.632. The van der Waals surface area contributed by atoms with Crippen molar-refractivity contribution >= 4 is 21.8 Å². The van der Waals surface area contributed by atoms with Crippen LogP contribution in [0.5, 0.6) is 0 Å². The number of sulfonamides is 1. The van der Waals surface area contributed by atoms with E-state index in [2.05, 4.69) is 16.8 Å². The summed E-state index contributed by atoms with van der Waals surface area (Å²) in [5.74, 6) is 2.26. The number of likely N-dealkylation sites (tertiary alicyclic amines) is 1. The number of pyridine rings is 1. The minimum atomic E-state index is -4.58. The van der Waals surface area contributed by atoms with E-state index in [1.54, 1.807) is 0 Å². The third kappa shape index (κ3) is 4.28. The molecule has 2 saturated heterocycles. The van der Waals surface area contributed by atoms with E-state index in [4.69, 9.17) is 0 Å². The van der Waals surface area contributed by atoms with Crippen LogP contribution in [0.1, 0.15) is 24.7 Å². The number of hydrogen-bond acceptors (Lipinski definition) is 5. The normalized spacial score (nSPS) is 20.5. The number of halogens is 3. The highest BCUT2D eigenvalue weighted by molar-refractivity contribution is 7.99. The van der Waals surface area contributed by atoms with Crippen molar-refractivity contribution in [3.05, 3.63) is 23.5 Å². The molecule has 0 aromatic carbocycles. The van der Waals surface area contributed by atoms with E-state index >= 15 is 0 Å². The number of aryl methyl sites for hydroxylation is 1. The Kier molecular flexibility index (Phi) is 5.82. The van der Waals surface area contributed by atoms with E-state index in [1.807, 2.05) is 11.8 Å². The van der Waals surface area contributed by atoms with Gasteiger partial charge in [0, 0.05) is 31.6 Å². The first-order valence-electron chi connectivity index (χ1n) is 8.92. The second kappa shape index (κ2) is 7.53. The Bertz CT molecular complexity index is 785. The van der Waals surface area contributed by atoms with Gasteiger partial charge in [-0.2, -0.15) is 29.2 Å². The second-order valence-electron chi connectivity index (χ2n) is 7.31. The molecule has 5 nitrogen and oxygen atoms in total. The highest BCUT2D eigenvalue weighted by Gasteiger charge is 2.55. The molecule has 1 spiro atoms. The van der Waals surface area contributed by atoms with Crippen LogP contribution in [-0.2, 0) is 16.2 Å². The summed E-state index contributed by atoms with van der Waals surface area (Å²) in [6, 6.07) is 1.75. The first-order valence-corrected chi connectivity index (χ1v) is 11.5. The van der Waals surface area contributed by atoms with E-state index in [-0.39, 0.29) is 16.0 Å². The van der Waals surface area contributed by atoms with Crippen LogP contribution in [0.4, 0.5) is 13.2 Å². The van der Waals surface area contributed by atoms with E-state index in [9.17, 15) is 21.6 Å². The number of aromatic nitrogens is 1. The maximum Gasteiger partial charge on any atom is 0.433 e. The van der Waals surface area contributed by atoms with Crippen molar-refractivity contribution in [3.8, 4) is 0 Å². The number of alkyl halides is 3. The minimum absolute atomic E-state index is 0.0121. The average molecular weight is 424 g/mol. The van der Waals surface area contributed by atoms with Gasteiger partial charge in [0.1, 0.15) is 10.6 Å². The molecule has 0 radical (unpaired) electrons. The largest absolute Gasteiger partial charge is 0.433 e. The summed E-state index contributed by atoms with van der Waals surface area (Å²) in [5.41, 5.74) is -1.18. The van der Waals surface area contributed by atoms with Gasteiger partial charge in [0.15, 0.2) is 0 Å². The van der Waals surface area contributed by atoms with E-state index < -0.39 is 21.9 Å². The van der Waals surface area contributed by atoms with Gasteiger partial charge in [-0.25, -0.2) is 13.4 Å². The molecule has 0 saturated carbocycles. The fraction of sp³-hybridized carbons (Fsp3) is 0.706. The first kappa shape index (κ1) is 20.9. The smallest absolute Gasteiger partial charge is 0.302 e. The molecule has 0 bridgehead atoms. The third-order valence-corrected chi connectivity index (χ3v) is 7.97. The molecule has 2 aliphatic heterocycles. The predicted octanol–water partition coefficient (Wildman–Crippen LogP) is 2.86. The highest BCUT2D eigenvalue weighted by Crippen LogP contribution is 2.42. The van der Waals surface area contributed by atoms with Gasteiger partial charge in [-0.1, -0.05) is 6.92 Å². The van der Waals surface area contributed by atoms with Crippen LogP contribution in [0.2, 0.25) is 0 Å². The molecule has 10 heteroatoms. The molecule has 3 rings (SSSR count). The van der Waals surface area contributed by atoms with Crippen molar-refractivity contribution in [2.75, 3.05) is 44.2 Å². The van der Waals surface area contributed by atoms with Crippen molar-refractivity contribution in [3.63, 3.8) is 0 Å². The molecule has 0 amide bonds. The highest BCUT2D eigenvalue weighted by atomic mass is 32.2. The summed E-state index contributed by atoms with van der Waals surface area (Å²) in [6.45, 7) is 7.10. The van der Waals surface area contributed by atoms with E-state index in [1.165, 1.54) is 11.2 Å². The van der Waals surface area contributed by atoms with Crippen LogP contribution in [0.25, 0.3) is 0 Å². The van der Waals surface area contributed by atoms with Crippen LogP contribution in [0.3, 0.4) is 0 Å². The minimum Gasteiger partial charge on any atom is -0.302 e. The Morgan fingerprint density at radius 3 is 2.44 bits per heavy atom. The molecule has 1 aromatic heterocycles. The molecule has 2 fully saturated rings. The lowest BCUT2D eigenvalue weighted by Gasteiger charge is -2.59. The lowest BCUT2D eigenvalue weighted by molar-refractivity contribution is -0.141. The van der Waals surface area contributed by atoms with Crippen molar-refractivity contribution in [2.24, 2.45) is 5.41 Å². The number of thioether (sulfide) groups is 1. The van der Waals surface area contributed by atoms with Gasteiger partial charge in [0.2, 0.25) is 10.0 Å². The van der Waals surface area contributed by atoms with Crippen molar-refractivity contribution in [1.82, 2.24) is 14.2 Å². The second-order valence-corrected chi connectivity index (χ2v) is 10.6. The molecule has 2 aliphatic rings. The summed E-state index contributed by atoms with van der Waals surface area (Å²) in [7, 11) is -3.80. The van der Waals surface area contributed by atoms with Crippen molar-refractivity contribution in [1.29, 1.82) is 0 Å². The van der Waals surface area contributed by atoms with Crippen LogP contribution in [0.15, 0.2) is 17.0 Å². The van der Waals surface area contributed by atoms with E-state index in [0.717, 1.165) is 49.7 Å². The van der Waals surface area contributed by atoms with Crippen LogP contribution in [0, 0.1) is 12.3 Å². The molecule has 0 atom stereocenters. The van der Waals surface area contributed by atoms with Gasteiger partial charge in [-0.3, -0.25) is 0 Å². The molecular formula is C17H24F3N3O2S2. The third-order valence-electron chi connectivity index (χ3n) is 5.05. The maximum absolute atomic E-state index is 12.7. The van der Waals surface area contributed by atoms with Crippen molar-refractivity contribution < 1.29 is 21.6 Å². The topological polar surface area (TPSA) is 53.5 Å². The Hall–Kier alpha value is -0.840. The molecule has 3 heterocycles. The van der Waals surface area contributed by atoms with Gasteiger partial charge in [0.25, 0.3) is 0 Å². The fourth-order valence-corrected chi connectivity index (χ4v) is 6.23. The van der Waals surface area contributed by atoms with Crippen LogP contribution in [-0.4, -0.2) is 66.8 Å². The van der Waals surface area contributed by atoms with Gasteiger partial charge in [-0.15, -0.1) is 0 Å². The lowest BCUT2D eigenvalue weighted by Crippen LogP contribution is -2.72. The Balaban J connectivity index is 1.57. The van der Waals surface area contributed by atoms with Gasteiger partial charge in [0.05, 0.1) is 5.69 Å². The Morgan fingerprint density at radius 1 is 1.22 bits per heavy atom. The summed E-state index contributed by atoms with van der Waals surface area (Å²) in [6.07, 6.45) is -3.45. The average Bonchev–Trinajstić information content (AvgIpc) is 2.49. The number of rotatable bonds is 7. The molecule has 0 N–H and O–H groups in total. The summed E-state index contributed by atoms with van der Waals surface area (Å²) < 4.78 is 65.0. The standard InChI is InChI=1S/C17H24F3N3O2S2/c1-3-26-8-4-7-22-9-16(10-22)11-23(12-16)27(24,25)14-5-6-15(17(18,19)20)21-13(14)2/h5-6H,3-4,7-12H2,1-2H3. The fourth-order valence-electron chi connectivity index (χ4n) is 3.78. The SMILES string of the molecule is CCSCCCN1CC2(C1)CN(S(=O)(=O)c1ccc(C(F)(F)F)nc1C)C2. The van der Waals surface area contributed by atoms with Gasteiger partial charge in [-0.05, 0) is 43.5 Å². The number of hydrogen-bond donors (Lipinski definition) is 0. The summed E-state index contributed by atoms with van der Waals surface area (Å²) in [4.78, 5) is 5.64. The van der Waals surface area contributed by atoms with Crippen LogP contribution < -0.4 is 0 Å². The zero-order valence-corrected chi connectivity index (χ0v) is 17.1. The monoisotopic (exact) mass is 423 g/mol. The summed E-state index contributed by atoms with van der Waals surface area (Å²) >= 11 is 1.92. The van der Waals surface area contributed by atoms with Crippen molar-refractivity contribution in [2.45, 2.75) is 31.3 Å². The number of nitrogens with zero attached hydrogens (tertiary/aromatic N) is 3. The van der Waals surface area contributed by atoms with Gasteiger partial charge < -0.3 is 4.90 Å². The Morgan fingerprint density at radius 2 is 1.89 bits per heavy atom. The molecule has 0 unspecified atom stereocenters. The molecule has 1 aromatic rings. The predicted molar refractivity (Wildman–Crippen MR) is 99.2 cm³/mol. The molecular weight excluding hydrogens is 399 g/mol. The van der Waals surface area contributed by atoms with Gasteiger partial charge >= 0.3 is 6.18 Å².